The van der Waals surface area contributed by atoms with Gasteiger partial charge in [-0.3, -0.25) is 19.1 Å². The number of likely N-dealkylation sites (N-methyl/N-ethyl adjacent to an activating group) is 1. The van der Waals surface area contributed by atoms with Crippen LogP contribution < -0.4 is 0 Å². The Kier molecular flexibility index (Phi) is 6.31. The van der Waals surface area contributed by atoms with E-state index in [1.54, 1.807) is 11.7 Å². The molecule has 0 radical (unpaired) electrons. The molecule has 0 aliphatic carbocycles. The maximum Gasteiger partial charge on any atom is 0.308 e. The average Bonchev–Trinajstić information content (AvgIpc) is 3.08. The van der Waals surface area contributed by atoms with Crippen LogP contribution in [0.3, 0.4) is 0 Å². The highest BCUT2D eigenvalue weighted by Gasteiger charge is 2.29. The van der Waals surface area contributed by atoms with Gasteiger partial charge in [0.05, 0.1) is 30.8 Å². The molecule has 1 aromatic carbocycles. The van der Waals surface area contributed by atoms with Gasteiger partial charge in [-0.25, -0.2) is 0 Å². The third-order valence-electron chi connectivity index (χ3n) is 5.35. The number of likely N-dealkylation sites (tertiary alicyclic amines) is 1. The fraction of sp³-hybridized carbons (Fsp3) is 0.429. The van der Waals surface area contributed by atoms with Gasteiger partial charge in [-0.2, -0.15) is 5.10 Å². The minimum Gasteiger partial charge on any atom is -0.481 e. The molecule has 8 nitrogen and oxygen atoms in total. The molecule has 1 N–H and O–H groups in total. The highest BCUT2D eigenvalue weighted by Crippen LogP contribution is 2.17. The number of aromatic nitrogens is 2. The summed E-state index contributed by atoms with van der Waals surface area (Å²) in [6.07, 6.45) is 2.77. The van der Waals surface area contributed by atoms with Crippen molar-refractivity contribution in [1.82, 2.24) is 19.6 Å². The number of carboxylic acid groups (broad SMARTS) is 1. The quantitative estimate of drug-likeness (QED) is 0.798. The van der Waals surface area contributed by atoms with Gasteiger partial charge < -0.3 is 14.9 Å². The zero-order chi connectivity index (χ0) is 21.0. The number of aliphatic carboxylic acids is 1. The first kappa shape index (κ1) is 20.6. The van der Waals surface area contributed by atoms with E-state index >= 15 is 0 Å². The standard InChI is InChI=1S/C21H26N4O4/c1-15-18(11-22-25(15)12-16-7-4-3-5-8-16)20(27)23(2)14-19(26)24-10-6-9-17(13-24)21(28)29/h3-5,7-8,11,17H,6,9-10,12-14H2,1-2H3,(H,28,29). The maximum atomic E-state index is 12.8. The van der Waals surface area contributed by atoms with Gasteiger partial charge in [-0.1, -0.05) is 30.3 Å². The van der Waals surface area contributed by atoms with Crippen LogP contribution in [0.2, 0.25) is 0 Å². The Bertz CT molecular complexity index is 893. The van der Waals surface area contributed by atoms with Crippen LogP contribution in [0, 0.1) is 12.8 Å². The summed E-state index contributed by atoms with van der Waals surface area (Å²) in [6, 6.07) is 9.85. The largest absolute Gasteiger partial charge is 0.481 e. The lowest BCUT2D eigenvalue weighted by Crippen LogP contribution is -2.46. The molecule has 154 valence electrons. The smallest absolute Gasteiger partial charge is 0.308 e. The lowest BCUT2D eigenvalue weighted by molar-refractivity contribution is -0.145. The Morgan fingerprint density at radius 1 is 1.24 bits per heavy atom. The molecule has 3 rings (SSSR count). The second-order valence-electron chi connectivity index (χ2n) is 7.47. The molecule has 1 unspecified atom stereocenters. The van der Waals surface area contributed by atoms with Gasteiger partial charge in [0.15, 0.2) is 0 Å². The Hall–Kier alpha value is -3.16. The summed E-state index contributed by atoms with van der Waals surface area (Å²) in [4.78, 5) is 39.5. The number of hydrogen-bond acceptors (Lipinski definition) is 4. The molecule has 0 bridgehead atoms. The molecule has 0 spiro atoms. The van der Waals surface area contributed by atoms with Crippen molar-refractivity contribution < 1.29 is 19.5 Å². The van der Waals surface area contributed by atoms with Crippen LogP contribution >= 0.6 is 0 Å². The van der Waals surface area contributed by atoms with Gasteiger partial charge in [0, 0.05) is 25.8 Å². The van der Waals surface area contributed by atoms with Crippen molar-refractivity contribution in [1.29, 1.82) is 0 Å². The molecular formula is C21H26N4O4. The third kappa shape index (κ3) is 4.82. The first-order valence-electron chi connectivity index (χ1n) is 9.69. The second-order valence-corrected chi connectivity index (χ2v) is 7.47. The van der Waals surface area contributed by atoms with Crippen LogP contribution in [0.5, 0.6) is 0 Å². The number of rotatable bonds is 6. The molecule has 2 heterocycles. The van der Waals surface area contributed by atoms with Crippen LogP contribution in [-0.2, 0) is 16.1 Å². The van der Waals surface area contributed by atoms with Crippen molar-refractivity contribution in [3.05, 3.63) is 53.3 Å². The zero-order valence-electron chi connectivity index (χ0n) is 16.7. The summed E-state index contributed by atoms with van der Waals surface area (Å²) in [6.45, 7) is 3.03. The number of hydrogen-bond donors (Lipinski definition) is 1. The van der Waals surface area contributed by atoms with E-state index in [1.165, 1.54) is 16.0 Å². The minimum absolute atomic E-state index is 0.0888. The SMILES string of the molecule is Cc1c(C(=O)N(C)CC(=O)N2CCCC(C(=O)O)C2)cnn1Cc1ccccc1. The molecule has 1 aliphatic rings. The van der Waals surface area contributed by atoms with Crippen molar-refractivity contribution in [3.63, 3.8) is 0 Å². The summed E-state index contributed by atoms with van der Waals surface area (Å²) in [5.74, 6) is -1.93. The zero-order valence-corrected chi connectivity index (χ0v) is 16.7. The second kappa shape index (κ2) is 8.89. The molecular weight excluding hydrogens is 372 g/mol. The van der Waals surface area contributed by atoms with Crippen LogP contribution in [0.1, 0.15) is 34.5 Å². The van der Waals surface area contributed by atoms with E-state index < -0.39 is 11.9 Å². The van der Waals surface area contributed by atoms with E-state index in [0.717, 1.165) is 11.3 Å². The molecule has 8 heteroatoms. The number of amides is 2. The van der Waals surface area contributed by atoms with Crippen LogP contribution in [-0.4, -0.2) is 69.2 Å². The fourth-order valence-electron chi connectivity index (χ4n) is 3.56. The lowest BCUT2D eigenvalue weighted by atomic mass is 9.98. The van der Waals surface area contributed by atoms with Crippen molar-refractivity contribution in [2.24, 2.45) is 5.92 Å². The van der Waals surface area contributed by atoms with E-state index in [1.807, 2.05) is 37.3 Å². The topological polar surface area (TPSA) is 95.7 Å². The van der Waals surface area contributed by atoms with E-state index in [9.17, 15) is 19.5 Å². The Morgan fingerprint density at radius 3 is 2.66 bits per heavy atom. The maximum absolute atomic E-state index is 12.8. The molecule has 29 heavy (non-hydrogen) atoms. The first-order chi connectivity index (χ1) is 13.9. The number of benzene rings is 1. The summed E-state index contributed by atoms with van der Waals surface area (Å²) < 4.78 is 1.76. The summed E-state index contributed by atoms with van der Waals surface area (Å²) in [7, 11) is 1.58. The minimum atomic E-state index is -0.881. The Balaban J connectivity index is 1.63. The number of carboxylic acids is 1. The van der Waals surface area contributed by atoms with Gasteiger partial charge in [-0.15, -0.1) is 0 Å². The molecule has 1 atom stereocenters. The molecule has 1 saturated heterocycles. The summed E-state index contributed by atoms with van der Waals surface area (Å²) >= 11 is 0. The highest BCUT2D eigenvalue weighted by molar-refractivity contribution is 5.97. The van der Waals surface area contributed by atoms with Gasteiger partial charge in [0.25, 0.3) is 5.91 Å². The van der Waals surface area contributed by atoms with Gasteiger partial charge >= 0.3 is 5.97 Å². The Morgan fingerprint density at radius 2 is 1.97 bits per heavy atom. The van der Waals surface area contributed by atoms with Crippen molar-refractivity contribution in [2.45, 2.75) is 26.3 Å². The predicted molar refractivity (Wildman–Crippen MR) is 106 cm³/mol. The molecule has 2 amide bonds. The van der Waals surface area contributed by atoms with Crippen LogP contribution in [0.4, 0.5) is 0 Å². The molecule has 1 aliphatic heterocycles. The molecule has 2 aromatic rings. The van der Waals surface area contributed by atoms with Crippen molar-refractivity contribution in [2.75, 3.05) is 26.7 Å². The predicted octanol–water partition coefficient (Wildman–Crippen LogP) is 1.64. The number of piperidine rings is 1. The van der Waals surface area contributed by atoms with Crippen LogP contribution in [0.15, 0.2) is 36.5 Å². The normalized spacial score (nSPS) is 16.5. The lowest BCUT2D eigenvalue weighted by Gasteiger charge is -2.32. The van der Waals surface area contributed by atoms with Gasteiger partial charge in [0.2, 0.25) is 5.91 Å². The fourth-order valence-corrected chi connectivity index (χ4v) is 3.56. The highest BCUT2D eigenvalue weighted by atomic mass is 16.4. The number of carbonyl (C=O) groups is 3. The van der Waals surface area contributed by atoms with Crippen molar-refractivity contribution >= 4 is 17.8 Å². The van der Waals surface area contributed by atoms with Crippen molar-refractivity contribution in [3.8, 4) is 0 Å². The monoisotopic (exact) mass is 398 g/mol. The number of carbonyl (C=O) groups excluding carboxylic acids is 2. The average molecular weight is 398 g/mol. The van der Waals surface area contributed by atoms with Gasteiger partial charge in [0.1, 0.15) is 0 Å². The Labute approximate surface area is 169 Å². The molecule has 1 fully saturated rings. The van der Waals surface area contributed by atoms with Crippen LogP contribution in [0.25, 0.3) is 0 Å². The van der Waals surface area contributed by atoms with E-state index in [-0.39, 0.29) is 24.9 Å². The third-order valence-corrected chi connectivity index (χ3v) is 5.35. The first-order valence-corrected chi connectivity index (χ1v) is 9.69. The molecule has 0 saturated carbocycles. The van der Waals surface area contributed by atoms with E-state index in [2.05, 4.69) is 5.10 Å². The summed E-state index contributed by atoms with van der Waals surface area (Å²) in [5.41, 5.74) is 2.28. The van der Waals surface area contributed by atoms with E-state index in [0.29, 0.717) is 31.5 Å². The van der Waals surface area contributed by atoms with Gasteiger partial charge in [-0.05, 0) is 25.3 Å². The molecule has 1 aromatic heterocycles. The van der Waals surface area contributed by atoms with E-state index in [4.69, 9.17) is 0 Å². The number of nitrogens with zero attached hydrogens (tertiary/aromatic N) is 4. The summed E-state index contributed by atoms with van der Waals surface area (Å²) in [5, 5.41) is 13.5.